The number of nitrogens with zero attached hydrogens (tertiary/aromatic N) is 4. The van der Waals surface area contributed by atoms with Gasteiger partial charge in [-0.2, -0.15) is 0 Å². The second-order valence-electron chi connectivity index (χ2n) is 7.61. The molecule has 6 nitrogen and oxygen atoms in total. The lowest BCUT2D eigenvalue weighted by Gasteiger charge is -2.32. The summed E-state index contributed by atoms with van der Waals surface area (Å²) in [6, 6.07) is 13.4. The lowest BCUT2D eigenvalue weighted by Crippen LogP contribution is -2.42. The summed E-state index contributed by atoms with van der Waals surface area (Å²) in [5.74, 6) is 0.129. The van der Waals surface area contributed by atoms with Crippen molar-refractivity contribution in [2.45, 2.75) is 12.8 Å². The fourth-order valence-corrected chi connectivity index (χ4v) is 3.88. The third-order valence-electron chi connectivity index (χ3n) is 5.48. The maximum atomic E-state index is 13.4. The van der Waals surface area contributed by atoms with E-state index in [1.807, 2.05) is 47.4 Å². The molecule has 3 aromatic rings. The van der Waals surface area contributed by atoms with Crippen LogP contribution in [0.2, 0.25) is 0 Å². The molecule has 1 fully saturated rings. The molecule has 0 atom stereocenters. The minimum Gasteiger partial charge on any atom is -0.349 e. The number of pyridine rings is 2. The van der Waals surface area contributed by atoms with Gasteiger partial charge < -0.3 is 9.80 Å². The number of carbonyl (C=O) groups excluding carboxylic acids is 2. The summed E-state index contributed by atoms with van der Waals surface area (Å²) in [7, 11) is 3.56. The average Bonchev–Trinajstić information content (AvgIpc) is 2.78. The van der Waals surface area contributed by atoms with Crippen LogP contribution in [0.15, 0.2) is 54.9 Å². The van der Waals surface area contributed by atoms with E-state index in [0.29, 0.717) is 31.5 Å². The van der Waals surface area contributed by atoms with Gasteiger partial charge >= 0.3 is 0 Å². The van der Waals surface area contributed by atoms with Gasteiger partial charge in [0.25, 0.3) is 5.91 Å². The van der Waals surface area contributed by atoms with Gasteiger partial charge in [-0.15, -0.1) is 0 Å². The molecule has 29 heavy (non-hydrogen) atoms. The first-order valence-corrected chi connectivity index (χ1v) is 9.85. The first kappa shape index (κ1) is 19.1. The number of para-hydroxylation sites is 1. The Morgan fingerprint density at radius 2 is 1.83 bits per heavy atom. The molecule has 4 rings (SSSR count). The zero-order chi connectivity index (χ0) is 20.4. The fourth-order valence-electron chi connectivity index (χ4n) is 3.88. The summed E-state index contributed by atoms with van der Waals surface area (Å²) in [5.41, 5.74) is 3.04. The van der Waals surface area contributed by atoms with Crippen LogP contribution in [0, 0.1) is 5.92 Å². The van der Waals surface area contributed by atoms with Crippen molar-refractivity contribution >= 4 is 22.7 Å². The second kappa shape index (κ2) is 7.99. The topological polar surface area (TPSA) is 66.4 Å². The standard InChI is InChI=1S/C23H24N4O2/c1-26(2)22(28)16-9-12-27(13-10-16)23(29)19-14-21(17-6-5-11-24-15-17)25-20-8-4-3-7-18(19)20/h3-8,11,14-16H,9-10,12-13H2,1-2H3. The van der Waals surface area contributed by atoms with Gasteiger partial charge in [0.05, 0.1) is 16.8 Å². The SMILES string of the molecule is CN(C)C(=O)C1CCN(C(=O)c2cc(-c3cccnc3)nc3ccccc23)CC1. The van der Waals surface area contributed by atoms with Crippen molar-refractivity contribution in [2.75, 3.05) is 27.2 Å². The summed E-state index contributed by atoms with van der Waals surface area (Å²) < 4.78 is 0. The fraction of sp³-hybridized carbons (Fsp3) is 0.304. The molecule has 0 aliphatic carbocycles. The Balaban J connectivity index is 1.65. The van der Waals surface area contributed by atoms with Gasteiger partial charge in [-0.3, -0.25) is 14.6 Å². The number of piperidine rings is 1. The molecule has 1 saturated heterocycles. The third kappa shape index (κ3) is 3.83. The highest BCUT2D eigenvalue weighted by Gasteiger charge is 2.29. The lowest BCUT2D eigenvalue weighted by atomic mass is 9.94. The van der Waals surface area contributed by atoms with Gasteiger partial charge in [0.1, 0.15) is 0 Å². The summed E-state index contributed by atoms with van der Waals surface area (Å²) in [6.45, 7) is 1.17. The van der Waals surface area contributed by atoms with Crippen molar-refractivity contribution in [3.8, 4) is 11.3 Å². The van der Waals surface area contributed by atoms with Crippen molar-refractivity contribution in [2.24, 2.45) is 5.92 Å². The molecule has 2 aromatic heterocycles. The smallest absolute Gasteiger partial charge is 0.254 e. The van der Waals surface area contributed by atoms with E-state index < -0.39 is 0 Å². The van der Waals surface area contributed by atoms with Crippen molar-refractivity contribution in [1.82, 2.24) is 19.8 Å². The number of likely N-dealkylation sites (tertiary alicyclic amines) is 1. The predicted octanol–water partition coefficient (Wildman–Crippen LogP) is 3.24. The second-order valence-corrected chi connectivity index (χ2v) is 7.61. The maximum absolute atomic E-state index is 13.4. The number of aromatic nitrogens is 2. The van der Waals surface area contributed by atoms with Crippen LogP contribution in [0.5, 0.6) is 0 Å². The Morgan fingerprint density at radius 3 is 2.52 bits per heavy atom. The highest BCUT2D eigenvalue weighted by molar-refractivity contribution is 6.07. The molecule has 0 radical (unpaired) electrons. The van der Waals surface area contributed by atoms with Crippen LogP contribution in [0.3, 0.4) is 0 Å². The summed E-state index contributed by atoms with van der Waals surface area (Å²) in [6.07, 6.45) is 4.86. The maximum Gasteiger partial charge on any atom is 0.254 e. The van der Waals surface area contributed by atoms with Crippen LogP contribution in [0.25, 0.3) is 22.2 Å². The highest BCUT2D eigenvalue weighted by atomic mass is 16.2. The monoisotopic (exact) mass is 388 g/mol. The third-order valence-corrected chi connectivity index (χ3v) is 5.48. The first-order chi connectivity index (χ1) is 14.0. The number of rotatable bonds is 3. The molecule has 3 heterocycles. The minimum atomic E-state index is -0.00973. The lowest BCUT2D eigenvalue weighted by molar-refractivity contribution is -0.134. The van der Waals surface area contributed by atoms with E-state index >= 15 is 0 Å². The summed E-state index contributed by atoms with van der Waals surface area (Å²) in [4.78, 5) is 38.0. The predicted molar refractivity (Wildman–Crippen MR) is 112 cm³/mol. The number of fused-ring (bicyclic) bond motifs is 1. The van der Waals surface area contributed by atoms with E-state index in [1.54, 1.807) is 31.4 Å². The quantitative estimate of drug-likeness (QED) is 0.691. The molecule has 0 unspecified atom stereocenters. The molecule has 1 aromatic carbocycles. The van der Waals surface area contributed by atoms with Gasteiger partial charge in [-0.05, 0) is 37.1 Å². The van der Waals surface area contributed by atoms with Crippen molar-refractivity contribution in [3.63, 3.8) is 0 Å². The van der Waals surface area contributed by atoms with E-state index in [9.17, 15) is 9.59 Å². The molecule has 1 aliphatic heterocycles. The first-order valence-electron chi connectivity index (χ1n) is 9.85. The summed E-state index contributed by atoms with van der Waals surface area (Å²) >= 11 is 0. The Labute approximate surface area is 170 Å². The van der Waals surface area contributed by atoms with Crippen molar-refractivity contribution < 1.29 is 9.59 Å². The van der Waals surface area contributed by atoms with Gasteiger partial charge in [0.2, 0.25) is 5.91 Å². The van der Waals surface area contributed by atoms with E-state index in [4.69, 9.17) is 4.98 Å². The number of hydrogen-bond acceptors (Lipinski definition) is 4. The molecule has 2 amide bonds. The largest absolute Gasteiger partial charge is 0.349 e. The van der Waals surface area contributed by atoms with E-state index in [0.717, 1.165) is 22.2 Å². The Bertz CT molecular complexity index is 1040. The van der Waals surface area contributed by atoms with Gasteiger partial charge in [-0.25, -0.2) is 4.98 Å². The number of hydrogen-bond donors (Lipinski definition) is 0. The van der Waals surface area contributed by atoms with Crippen LogP contribution < -0.4 is 0 Å². The van der Waals surface area contributed by atoms with Gasteiger partial charge in [0, 0.05) is 56.4 Å². The number of carbonyl (C=O) groups is 2. The van der Waals surface area contributed by atoms with Gasteiger partial charge in [0.15, 0.2) is 0 Å². The van der Waals surface area contributed by atoms with E-state index in [-0.39, 0.29) is 17.7 Å². The molecule has 0 spiro atoms. The van der Waals surface area contributed by atoms with Crippen LogP contribution in [-0.4, -0.2) is 58.8 Å². The summed E-state index contributed by atoms with van der Waals surface area (Å²) in [5, 5.41) is 0.844. The van der Waals surface area contributed by atoms with Crippen molar-refractivity contribution in [1.29, 1.82) is 0 Å². The molecule has 1 aliphatic rings. The van der Waals surface area contributed by atoms with Crippen LogP contribution in [-0.2, 0) is 4.79 Å². The van der Waals surface area contributed by atoms with Gasteiger partial charge in [-0.1, -0.05) is 18.2 Å². The average molecular weight is 388 g/mol. The van der Waals surface area contributed by atoms with Crippen LogP contribution >= 0.6 is 0 Å². The molecular weight excluding hydrogens is 364 g/mol. The zero-order valence-electron chi connectivity index (χ0n) is 16.7. The molecule has 148 valence electrons. The van der Waals surface area contributed by atoms with Crippen molar-refractivity contribution in [3.05, 3.63) is 60.4 Å². The molecule has 0 N–H and O–H groups in total. The molecular formula is C23H24N4O2. The van der Waals surface area contributed by atoms with E-state index in [1.165, 1.54) is 0 Å². The Hall–Kier alpha value is -3.28. The molecule has 0 bridgehead atoms. The minimum absolute atomic E-state index is 0.00538. The normalized spacial score (nSPS) is 14.8. The highest BCUT2D eigenvalue weighted by Crippen LogP contribution is 2.27. The number of benzene rings is 1. The molecule has 6 heteroatoms. The number of amides is 2. The van der Waals surface area contributed by atoms with E-state index in [2.05, 4.69) is 4.98 Å². The molecule has 0 saturated carbocycles. The Kier molecular flexibility index (Phi) is 5.25. The Morgan fingerprint density at radius 1 is 1.07 bits per heavy atom. The zero-order valence-corrected chi connectivity index (χ0v) is 16.7. The van der Waals surface area contributed by atoms with Crippen LogP contribution in [0.4, 0.5) is 0 Å². The van der Waals surface area contributed by atoms with Crippen LogP contribution in [0.1, 0.15) is 23.2 Å².